The standard InChI is InChI=1S/C14H26N4/c1-4-5-10-18-11-9-15-13(18)16-12-14(17(2)3)7-6-8-14/h9,11H,4-8,10,12H2,1-3H3,(H,15,16). The zero-order chi connectivity index (χ0) is 13.0. The first kappa shape index (κ1) is 13.4. The normalized spacial score (nSPS) is 17.8. The molecule has 0 atom stereocenters. The number of unbranched alkanes of at least 4 members (excludes halogenated alkanes) is 1. The molecule has 0 bridgehead atoms. The lowest BCUT2D eigenvalue weighted by Crippen LogP contribution is -2.54. The molecule has 102 valence electrons. The summed E-state index contributed by atoms with van der Waals surface area (Å²) in [5.41, 5.74) is 0.349. The number of imidazole rings is 1. The summed E-state index contributed by atoms with van der Waals surface area (Å²) in [6, 6.07) is 0. The molecule has 1 aromatic rings. The summed E-state index contributed by atoms with van der Waals surface area (Å²) >= 11 is 0. The molecule has 18 heavy (non-hydrogen) atoms. The fourth-order valence-corrected chi connectivity index (χ4v) is 2.60. The zero-order valence-electron chi connectivity index (χ0n) is 11.9. The maximum Gasteiger partial charge on any atom is 0.202 e. The number of anilines is 1. The van der Waals surface area contributed by atoms with Crippen LogP contribution in [0.1, 0.15) is 39.0 Å². The Morgan fingerprint density at radius 2 is 2.22 bits per heavy atom. The van der Waals surface area contributed by atoms with Crippen molar-refractivity contribution < 1.29 is 0 Å². The Hall–Kier alpha value is -1.03. The van der Waals surface area contributed by atoms with Crippen molar-refractivity contribution in [1.82, 2.24) is 14.5 Å². The molecule has 0 radical (unpaired) electrons. The van der Waals surface area contributed by atoms with E-state index >= 15 is 0 Å². The molecule has 1 aromatic heterocycles. The largest absolute Gasteiger partial charge is 0.354 e. The number of nitrogens with one attached hydrogen (secondary N) is 1. The van der Waals surface area contributed by atoms with Gasteiger partial charge in [-0.05, 0) is 39.8 Å². The monoisotopic (exact) mass is 250 g/mol. The van der Waals surface area contributed by atoms with Crippen LogP contribution in [-0.2, 0) is 6.54 Å². The van der Waals surface area contributed by atoms with Crippen LogP contribution in [-0.4, -0.2) is 40.6 Å². The zero-order valence-corrected chi connectivity index (χ0v) is 11.9. The first-order chi connectivity index (χ1) is 8.68. The van der Waals surface area contributed by atoms with Crippen LogP contribution in [0.2, 0.25) is 0 Å². The summed E-state index contributed by atoms with van der Waals surface area (Å²) in [6.07, 6.45) is 10.3. The first-order valence-electron chi connectivity index (χ1n) is 7.10. The van der Waals surface area contributed by atoms with Gasteiger partial charge in [0, 0.05) is 31.0 Å². The maximum atomic E-state index is 4.42. The Balaban J connectivity index is 1.91. The van der Waals surface area contributed by atoms with E-state index in [0.717, 1.165) is 19.0 Å². The van der Waals surface area contributed by atoms with Crippen molar-refractivity contribution in [3.05, 3.63) is 12.4 Å². The highest BCUT2D eigenvalue weighted by Gasteiger charge is 2.38. The average molecular weight is 250 g/mol. The SMILES string of the molecule is CCCCn1ccnc1NCC1(N(C)C)CCC1. The van der Waals surface area contributed by atoms with Crippen LogP contribution in [0.4, 0.5) is 5.95 Å². The average Bonchev–Trinajstić information content (AvgIpc) is 2.72. The highest BCUT2D eigenvalue weighted by Crippen LogP contribution is 2.36. The highest BCUT2D eigenvalue weighted by atomic mass is 15.2. The second kappa shape index (κ2) is 5.74. The van der Waals surface area contributed by atoms with Gasteiger partial charge in [0.1, 0.15) is 0 Å². The number of aromatic nitrogens is 2. The van der Waals surface area contributed by atoms with E-state index in [0.29, 0.717) is 5.54 Å². The Kier molecular flexibility index (Phi) is 4.27. The van der Waals surface area contributed by atoms with Crippen LogP contribution in [0.15, 0.2) is 12.4 Å². The molecule has 1 heterocycles. The molecule has 0 saturated heterocycles. The van der Waals surface area contributed by atoms with Crippen molar-refractivity contribution in [2.24, 2.45) is 0 Å². The Labute approximate surface area is 110 Å². The Morgan fingerprint density at radius 1 is 1.44 bits per heavy atom. The molecule has 1 aliphatic carbocycles. The van der Waals surface area contributed by atoms with Gasteiger partial charge in [0.2, 0.25) is 5.95 Å². The molecule has 0 spiro atoms. The van der Waals surface area contributed by atoms with Gasteiger partial charge in [0.05, 0.1) is 0 Å². The molecule has 0 amide bonds. The summed E-state index contributed by atoms with van der Waals surface area (Å²) < 4.78 is 2.23. The fraction of sp³-hybridized carbons (Fsp3) is 0.786. The summed E-state index contributed by atoms with van der Waals surface area (Å²) in [7, 11) is 4.37. The quantitative estimate of drug-likeness (QED) is 0.807. The molecule has 1 aliphatic rings. The lowest BCUT2D eigenvalue weighted by molar-refractivity contribution is 0.0736. The second-order valence-electron chi connectivity index (χ2n) is 5.62. The number of hydrogen-bond donors (Lipinski definition) is 1. The van der Waals surface area contributed by atoms with Crippen LogP contribution >= 0.6 is 0 Å². The van der Waals surface area contributed by atoms with Crippen LogP contribution in [0.3, 0.4) is 0 Å². The number of nitrogens with zero attached hydrogens (tertiary/aromatic N) is 3. The molecule has 4 nitrogen and oxygen atoms in total. The number of aryl methyl sites for hydroxylation is 1. The molecule has 4 heteroatoms. The molecule has 0 aliphatic heterocycles. The van der Waals surface area contributed by atoms with Crippen molar-refractivity contribution in [3.8, 4) is 0 Å². The Morgan fingerprint density at radius 3 is 2.78 bits per heavy atom. The molecular weight excluding hydrogens is 224 g/mol. The third kappa shape index (κ3) is 2.69. The maximum absolute atomic E-state index is 4.42. The van der Waals surface area contributed by atoms with E-state index in [2.05, 4.69) is 47.0 Å². The van der Waals surface area contributed by atoms with E-state index in [9.17, 15) is 0 Å². The summed E-state index contributed by atoms with van der Waals surface area (Å²) in [5, 5.41) is 3.54. The summed E-state index contributed by atoms with van der Waals surface area (Å²) in [6.45, 7) is 4.29. The number of rotatable bonds is 7. The fourth-order valence-electron chi connectivity index (χ4n) is 2.60. The van der Waals surface area contributed by atoms with Crippen LogP contribution in [0.25, 0.3) is 0 Å². The van der Waals surface area contributed by atoms with Crippen molar-refractivity contribution in [2.45, 2.75) is 51.1 Å². The van der Waals surface area contributed by atoms with Crippen LogP contribution in [0, 0.1) is 0 Å². The van der Waals surface area contributed by atoms with Gasteiger partial charge in [-0.3, -0.25) is 0 Å². The number of likely N-dealkylation sites (N-methyl/N-ethyl adjacent to an activating group) is 1. The summed E-state index contributed by atoms with van der Waals surface area (Å²) in [5.74, 6) is 1.02. The number of hydrogen-bond acceptors (Lipinski definition) is 3. The molecule has 1 fully saturated rings. The minimum Gasteiger partial charge on any atom is -0.354 e. The predicted molar refractivity (Wildman–Crippen MR) is 75.9 cm³/mol. The molecule has 0 aromatic carbocycles. The minimum atomic E-state index is 0.349. The van der Waals surface area contributed by atoms with Crippen LogP contribution in [0.5, 0.6) is 0 Å². The molecular formula is C14H26N4. The second-order valence-corrected chi connectivity index (χ2v) is 5.62. The van der Waals surface area contributed by atoms with Gasteiger partial charge < -0.3 is 14.8 Å². The van der Waals surface area contributed by atoms with Crippen LogP contribution < -0.4 is 5.32 Å². The van der Waals surface area contributed by atoms with Crippen molar-refractivity contribution in [1.29, 1.82) is 0 Å². The molecule has 1 saturated carbocycles. The van der Waals surface area contributed by atoms with Gasteiger partial charge in [-0.25, -0.2) is 4.98 Å². The van der Waals surface area contributed by atoms with E-state index in [1.54, 1.807) is 0 Å². The van der Waals surface area contributed by atoms with E-state index < -0.39 is 0 Å². The van der Waals surface area contributed by atoms with Crippen molar-refractivity contribution in [3.63, 3.8) is 0 Å². The van der Waals surface area contributed by atoms with Gasteiger partial charge in [-0.2, -0.15) is 0 Å². The van der Waals surface area contributed by atoms with E-state index in [4.69, 9.17) is 0 Å². The van der Waals surface area contributed by atoms with Gasteiger partial charge >= 0.3 is 0 Å². The summed E-state index contributed by atoms with van der Waals surface area (Å²) in [4.78, 5) is 6.79. The smallest absolute Gasteiger partial charge is 0.202 e. The minimum absolute atomic E-state index is 0.349. The molecule has 2 rings (SSSR count). The van der Waals surface area contributed by atoms with E-state index in [1.165, 1.54) is 32.1 Å². The van der Waals surface area contributed by atoms with Crippen molar-refractivity contribution >= 4 is 5.95 Å². The Bertz CT molecular complexity index is 366. The predicted octanol–water partition coefficient (Wildman–Crippen LogP) is 2.58. The van der Waals surface area contributed by atoms with Gasteiger partial charge in [-0.1, -0.05) is 13.3 Å². The third-order valence-corrected chi connectivity index (χ3v) is 4.28. The van der Waals surface area contributed by atoms with Gasteiger partial charge in [-0.15, -0.1) is 0 Å². The third-order valence-electron chi connectivity index (χ3n) is 4.28. The van der Waals surface area contributed by atoms with Gasteiger partial charge in [0.15, 0.2) is 0 Å². The molecule has 0 unspecified atom stereocenters. The van der Waals surface area contributed by atoms with Gasteiger partial charge in [0.25, 0.3) is 0 Å². The van der Waals surface area contributed by atoms with E-state index in [-0.39, 0.29) is 0 Å². The topological polar surface area (TPSA) is 33.1 Å². The molecule has 1 N–H and O–H groups in total. The van der Waals surface area contributed by atoms with E-state index in [1.807, 2.05) is 6.20 Å². The highest BCUT2D eigenvalue weighted by molar-refractivity contribution is 5.27. The first-order valence-corrected chi connectivity index (χ1v) is 7.10. The lowest BCUT2D eigenvalue weighted by Gasteiger charge is -2.47. The van der Waals surface area contributed by atoms with Crippen molar-refractivity contribution in [2.75, 3.05) is 26.0 Å². The lowest BCUT2D eigenvalue weighted by atomic mass is 9.75.